The van der Waals surface area contributed by atoms with E-state index in [9.17, 15) is 10.2 Å². The number of halogens is 1. The van der Waals surface area contributed by atoms with Gasteiger partial charge in [0, 0.05) is 3.57 Å². The van der Waals surface area contributed by atoms with Gasteiger partial charge >= 0.3 is 0 Å². The van der Waals surface area contributed by atoms with Crippen LogP contribution in [0, 0.1) is 3.57 Å². The van der Waals surface area contributed by atoms with Crippen molar-refractivity contribution in [3.63, 3.8) is 0 Å². The van der Waals surface area contributed by atoms with Crippen LogP contribution >= 0.6 is 22.6 Å². The van der Waals surface area contributed by atoms with E-state index in [1.807, 2.05) is 38.1 Å². The highest BCUT2D eigenvalue weighted by Gasteiger charge is 2.57. The molecule has 116 valence electrons. The number of hydrogen-bond donors (Lipinski definition) is 2. The Bertz CT molecular complexity index is 503. The van der Waals surface area contributed by atoms with Crippen LogP contribution in [0.15, 0.2) is 24.3 Å². The maximum absolute atomic E-state index is 9.97. The SMILES string of the molecule is CC1(C)O[C@H]2[C@@H]([C@H](O)CO)O[C@@H](c3ccc(I)cc3)[C@H]2O1. The maximum atomic E-state index is 9.97. The summed E-state index contributed by atoms with van der Waals surface area (Å²) in [5, 5.41) is 19.2. The van der Waals surface area contributed by atoms with Crippen molar-refractivity contribution in [1.29, 1.82) is 0 Å². The molecule has 0 aromatic heterocycles. The van der Waals surface area contributed by atoms with Crippen LogP contribution in [0.1, 0.15) is 25.5 Å². The van der Waals surface area contributed by atoms with E-state index in [1.165, 1.54) is 0 Å². The molecule has 3 rings (SSSR count). The van der Waals surface area contributed by atoms with Crippen LogP contribution in [0.5, 0.6) is 0 Å². The van der Waals surface area contributed by atoms with E-state index >= 15 is 0 Å². The van der Waals surface area contributed by atoms with E-state index in [0.29, 0.717) is 0 Å². The van der Waals surface area contributed by atoms with Crippen molar-refractivity contribution < 1.29 is 24.4 Å². The van der Waals surface area contributed by atoms with Gasteiger partial charge in [-0.3, -0.25) is 0 Å². The Balaban J connectivity index is 1.89. The summed E-state index contributed by atoms with van der Waals surface area (Å²) in [6, 6.07) is 7.99. The van der Waals surface area contributed by atoms with Gasteiger partial charge in [-0.05, 0) is 54.1 Å². The Hall–Kier alpha value is -0.250. The van der Waals surface area contributed by atoms with Crippen LogP contribution < -0.4 is 0 Å². The molecule has 0 saturated carbocycles. The van der Waals surface area contributed by atoms with Crippen molar-refractivity contribution in [3.05, 3.63) is 33.4 Å². The molecule has 0 amide bonds. The highest BCUT2D eigenvalue weighted by atomic mass is 127. The van der Waals surface area contributed by atoms with Gasteiger partial charge in [0.25, 0.3) is 0 Å². The fourth-order valence-corrected chi connectivity index (χ4v) is 3.32. The second-order valence-corrected chi connectivity index (χ2v) is 7.13. The number of hydrogen-bond acceptors (Lipinski definition) is 5. The van der Waals surface area contributed by atoms with Gasteiger partial charge in [-0.15, -0.1) is 0 Å². The minimum atomic E-state index is -0.983. The van der Waals surface area contributed by atoms with Gasteiger partial charge in [0.15, 0.2) is 5.79 Å². The van der Waals surface area contributed by atoms with Crippen molar-refractivity contribution in [3.8, 4) is 0 Å². The molecular weight excluding hydrogens is 387 g/mol. The van der Waals surface area contributed by atoms with Crippen LogP contribution in [-0.4, -0.2) is 47.0 Å². The van der Waals surface area contributed by atoms with E-state index in [-0.39, 0.29) is 24.9 Å². The van der Waals surface area contributed by atoms with E-state index in [4.69, 9.17) is 14.2 Å². The molecule has 2 fully saturated rings. The van der Waals surface area contributed by atoms with Crippen molar-refractivity contribution in [1.82, 2.24) is 0 Å². The molecular formula is C15H19IO5. The molecule has 21 heavy (non-hydrogen) atoms. The molecule has 0 spiro atoms. The van der Waals surface area contributed by atoms with Crippen molar-refractivity contribution in [2.24, 2.45) is 0 Å². The molecule has 1 aromatic rings. The molecule has 6 heteroatoms. The van der Waals surface area contributed by atoms with Crippen LogP contribution in [0.3, 0.4) is 0 Å². The van der Waals surface area contributed by atoms with Gasteiger partial charge in [-0.1, -0.05) is 12.1 Å². The number of aliphatic hydroxyl groups is 2. The van der Waals surface area contributed by atoms with Gasteiger partial charge in [-0.2, -0.15) is 0 Å². The zero-order valence-electron chi connectivity index (χ0n) is 11.9. The van der Waals surface area contributed by atoms with Crippen molar-refractivity contribution in [2.45, 2.75) is 50.2 Å². The van der Waals surface area contributed by atoms with Crippen LogP contribution in [0.2, 0.25) is 0 Å². The fourth-order valence-electron chi connectivity index (χ4n) is 2.96. The Morgan fingerprint density at radius 3 is 2.43 bits per heavy atom. The molecule has 2 N–H and O–H groups in total. The summed E-state index contributed by atoms with van der Waals surface area (Å²) in [5.74, 6) is -0.714. The predicted molar refractivity (Wildman–Crippen MR) is 83.7 cm³/mol. The summed E-state index contributed by atoms with van der Waals surface area (Å²) in [6.45, 7) is 3.33. The Morgan fingerprint density at radius 2 is 1.81 bits per heavy atom. The lowest BCUT2D eigenvalue weighted by molar-refractivity contribution is -0.200. The zero-order chi connectivity index (χ0) is 15.2. The topological polar surface area (TPSA) is 68.2 Å². The third kappa shape index (κ3) is 2.97. The first-order valence-electron chi connectivity index (χ1n) is 6.97. The molecule has 0 bridgehead atoms. The van der Waals surface area contributed by atoms with E-state index in [1.54, 1.807) is 0 Å². The molecule has 0 unspecified atom stereocenters. The third-order valence-electron chi connectivity index (χ3n) is 3.85. The second kappa shape index (κ2) is 5.75. The lowest BCUT2D eigenvalue weighted by Crippen LogP contribution is -2.40. The fraction of sp³-hybridized carbons (Fsp3) is 0.600. The van der Waals surface area contributed by atoms with Crippen LogP contribution in [0.4, 0.5) is 0 Å². The number of fused-ring (bicyclic) bond motifs is 1. The number of ether oxygens (including phenoxy) is 3. The van der Waals surface area contributed by atoms with E-state index in [2.05, 4.69) is 22.6 Å². The van der Waals surface area contributed by atoms with Gasteiger partial charge in [0.05, 0.1) is 6.61 Å². The average Bonchev–Trinajstić information content (AvgIpc) is 2.92. The molecule has 2 saturated heterocycles. The summed E-state index contributed by atoms with van der Waals surface area (Å²) >= 11 is 2.25. The quantitative estimate of drug-likeness (QED) is 0.747. The summed E-state index contributed by atoms with van der Waals surface area (Å²) < 4.78 is 18.9. The van der Waals surface area contributed by atoms with Crippen LogP contribution in [-0.2, 0) is 14.2 Å². The molecule has 0 radical (unpaired) electrons. The Kier molecular flexibility index (Phi) is 4.28. The summed E-state index contributed by atoms with van der Waals surface area (Å²) in [6.07, 6.45) is -2.55. The first-order valence-corrected chi connectivity index (χ1v) is 8.04. The number of rotatable bonds is 3. The van der Waals surface area contributed by atoms with E-state index in [0.717, 1.165) is 9.13 Å². The lowest BCUT2D eigenvalue weighted by atomic mass is 10.00. The normalized spacial score (nSPS) is 35.7. The van der Waals surface area contributed by atoms with Gasteiger partial charge in [0.2, 0.25) is 0 Å². The van der Waals surface area contributed by atoms with Gasteiger partial charge < -0.3 is 24.4 Å². The monoisotopic (exact) mass is 406 g/mol. The smallest absolute Gasteiger partial charge is 0.164 e. The Morgan fingerprint density at radius 1 is 1.19 bits per heavy atom. The maximum Gasteiger partial charge on any atom is 0.164 e. The highest BCUT2D eigenvalue weighted by Crippen LogP contribution is 2.45. The van der Waals surface area contributed by atoms with Gasteiger partial charge in [0.1, 0.15) is 30.5 Å². The first kappa shape index (κ1) is 15.6. The second-order valence-electron chi connectivity index (χ2n) is 5.89. The third-order valence-corrected chi connectivity index (χ3v) is 4.57. The molecule has 5 atom stereocenters. The zero-order valence-corrected chi connectivity index (χ0v) is 14.1. The highest BCUT2D eigenvalue weighted by molar-refractivity contribution is 14.1. The van der Waals surface area contributed by atoms with Gasteiger partial charge in [-0.25, -0.2) is 0 Å². The summed E-state index contributed by atoms with van der Waals surface area (Å²) in [4.78, 5) is 0. The minimum Gasteiger partial charge on any atom is -0.394 e. The summed E-state index contributed by atoms with van der Waals surface area (Å²) in [7, 11) is 0. The number of aliphatic hydroxyl groups excluding tert-OH is 2. The Labute approximate surface area is 137 Å². The molecule has 2 aliphatic heterocycles. The van der Waals surface area contributed by atoms with E-state index < -0.39 is 18.0 Å². The van der Waals surface area contributed by atoms with Crippen LogP contribution in [0.25, 0.3) is 0 Å². The standard InChI is InChI=1S/C15H19IO5/c1-15(2)20-13-11(8-3-5-9(16)6-4-8)19-12(10(18)7-17)14(13)21-15/h3-6,10-14,17-18H,7H2,1-2H3/t10-,11+,12-,13-,14+/m1/s1. The lowest BCUT2D eigenvalue weighted by Gasteiger charge is -2.26. The van der Waals surface area contributed by atoms with Crippen molar-refractivity contribution in [2.75, 3.05) is 6.61 Å². The minimum absolute atomic E-state index is 0.286. The average molecular weight is 406 g/mol. The predicted octanol–water partition coefficient (Wildman–Crippen LogP) is 1.60. The summed E-state index contributed by atoms with van der Waals surface area (Å²) in [5.41, 5.74) is 0.986. The number of benzene rings is 1. The first-order chi connectivity index (χ1) is 9.91. The largest absolute Gasteiger partial charge is 0.394 e. The molecule has 1 aromatic carbocycles. The molecule has 2 heterocycles. The molecule has 5 nitrogen and oxygen atoms in total. The molecule has 2 aliphatic rings. The molecule has 0 aliphatic carbocycles. The van der Waals surface area contributed by atoms with Crippen molar-refractivity contribution >= 4 is 22.6 Å².